The first kappa shape index (κ1) is 17.9. The van der Waals surface area contributed by atoms with Gasteiger partial charge in [-0.15, -0.1) is 0 Å². The van der Waals surface area contributed by atoms with Crippen molar-refractivity contribution in [3.8, 4) is 0 Å². The van der Waals surface area contributed by atoms with Gasteiger partial charge in [-0.25, -0.2) is 0 Å². The monoisotopic (exact) mass is 454 g/mol. The van der Waals surface area contributed by atoms with E-state index in [4.69, 9.17) is 4.74 Å². The first-order valence-electron chi connectivity index (χ1n) is 6.33. The van der Waals surface area contributed by atoms with E-state index in [9.17, 15) is 4.79 Å². The largest absolute Gasteiger partial charge is 0.383 e. The fourth-order valence-corrected chi connectivity index (χ4v) is 2.60. The maximum atomic E-state index is 12.7. The highest BCUT2D eigenvalue weighted by atomic mass is 127. The van der Waals surface area contributed by atoms with Crippen LogP contribution in [0.25, 0.3) is 0 Å². The summed E-state index contributed by atoms with van der Waals surface area (Å²) < 4.78 is 6.98. The molecule has 0 bridgehead atoms. The lowest BCUT2D eigenvalue weighted by molar-refractivity contribution is 0.0682. The molecule has 0 N–H and O–H groups in total. The summed E-state index contributed by atoms with van der Waals surface area (Å²) in [4.78, 5) is 16.6. The van der Waals surface area contributed by atoms with Crippen LogP contribution in [0.3, 0.4) is 0 Å². The minimum Gasteiger partial charge on any atom is -0.383 e. The summed E-state index contributed by atoms with van der Waals surface area (Å²) in [6.07, 6.45) is 0. The molecule has 0 saturated carbocycles. The summed E-state index contributed by atoms with van der Waals surface area (Å²) in [6.45, 7) is 2.67. The third-order valence-corrected chi connectivity index (χ3v) is 4.26. The third kappa shape index (κ3) is 5.67. The molecule has 0 aliphatic carbocycles. The van der Waals surface area contributed by atoms with Gasteiger partial charge in [0, 0.05) is 34.8 Å². The standard InChI is InChI=1S/C14H20BrIN2O2/c1-17(2)6-7-18(8-9-20-3)14(19)12-10-11(15)4-5-13(12)16/h4-5,10H,6-9H2,1-3H3. The highest BCUT2D eigenvalue weighted by Gasteiger charge is 2.18. The zero-order valence-corrected chi connectivity index (χ0v) is 15.8. The molecule has 0 atom stereocenters. The van der Waals surface area contributed by atoms with Gasteiger partial charge in [-0.05, 0) is 54.9 Å². The second-order valence-corrected chi connectivity index (χ2v) is 6.79. The summed E-state index contributed by atoms with van der Waals surface area (Å²) in [5, 5.41) is 0. The Bertz CT molecular complexity index is 455. The van der Waals surface area contributed by atoms with Crippen molar-refractivity contribution in [2.24, 2.45) is 0 Å². The fourth-order valence-electron chi connectivity index (χ4n) is 1.67. The first-order chi connectivity index (χ1) is 9.45. The molecule has 112 valence electrons. The number of hydrogen-bond donors (Lipinski definition) is 0. The van der Waals surface area contributed by atoms with Gasteiger partial charge in [-0.2, -0.15) is 0 Å². The average molecular weight is 455 g/mol. The summed E-state index contributed by atoms with van der Waals surface area (Å²) in [5.41, 5.74) is 0.731. The number of halogens is 2. The van der Waals surface area contributed by atoms with Crippen LogP contribution in [0.5, 0.6) is 0 Å². The molecule has 6 heteroatoms. The summed E-state index contributed by atoms with van der Waals surface area (Å²) >= 11 is 5.62. The molecule has 0 heterocycles. The van der Waals surface area contributed by atoms with E-state index in [1.54, 1.807) is 7.11 Å². The van der Waals surface area contributed by atoms with Crippen LogP contribution in [-0.2, 0) is 4.74 Å². The minimum absolute atomic E-state index is 0.0506. The number of carbonyl (C=O) groups is 1. The molecule has 0 aromatic heterocycles. The maximum absolute atomic E-state index is 12.7. The van der Waals surface area contributed by atoms with Crippen molar-refractivity contribution in [1.29, 1.82) is 0 Å². The molecule has 0 unspecified atom stereocenters. The Labute approximate surface area is 142 Å². The van der Waals surface area contributed by atoms with Crippen LogP contribution in [0, 0.1) is 3.57 Å². The van der Waals surface area contributed by atoms with Crippen molar-refractivity contribution in [1.82, 2.24) is 9.80 Å². The van der Waals surface area contributed by atoms with E-state index in [-0.39, 0.29) is 5.91 Å². The van der Waals surface area contributed by atoms with Gasteiger partial charge in [-0.1, -0.05) is 15.9 Å². The average Bonchev–Trinajstić information content (AvgIpc) is 2.40. The Morgan fingerprint density at radius 2 is 2.00 bits per heavy atom. The van der Waals surface area contributed by atoms with E-state index < -0.39 is 0 Å². The van der Waals surface area contributed by atoms with Crippen LogP contribution in [-0.4, -0.2) is 63.2 Å². The van der Waals surface area contributed by atoms with Gasteiger partial charge < -0.3 is 14.5 Å². The van der Waals surface area contributed by atoms with Crippen molar-refractivity contribution in [2.75, 3.05) is 47.4 Å². The van der Waals surface area contributed by atoms with Crippen molar-refractivity contribution < 1.29 is 9.53 Å². The van der Waals surface area contributed by atoms with Crippen molar-refractivity contribution in [2.45, 2.75) is 0 Å². The molecule has 0 aliphatic rings. The lowest BCUT2D eigenvalue weighted by Crippen LogP contribution is -2.39. The van der Waals surface area contributed by atoms with Gasteiger partial charge in [0.1, 0.15) is 0 Å². The number of carbonyl (C=O) groups excluding carboxylic acids is 1. The number of amides is 1. The van der Waals surface area contributed by atoms with Crippen molar-refractivity contribution in [3.05, 3.63) is 31.8 Å². The molecule has 20 heavy (non-hydrogen) atoms. The zero-order valence-electron chi connectivity index (χ0n) is 12.0. The third-order valence-electron chi connectivity index (χ3n) is 2.83. The van der Waals surface area contributed by atoms with Gasteiger partial charge in [0.05, 0.1) is 12.2 Å². The van der Waals surface area contributed by atoms with Crippen LogP contribution in [0.2, 0.25) is 0 Å². The van der Waals surface area contributed by atoms with E-state index in [2.05, 4.69) is 43.4 Å². The maximum Gasteiger partial charge on any atom is 0.255 e. The summed E-state index contributed by atoms with van der Waals surface area (Å²) in [6, 6.07) is 5.76. The molecule has 0 saturated heterocycles. The molecule has 0 spiro atoms. The quantitative estimate of drug-likeness (QED) is 0.594. The van der Waals surface area contributed by atoms with Crippen LogP contribution in [0.1, 0.15) is 10.4 Å². The molecular weight excluding hydrogens is 435 g/mol. The van der Waals surface area contributed by atoms with E-state index >= 15 is 0 Å². The smallest absolute Gasteiger partial charge is 0.255 e. The minimum atomic E-state index is 0.0506. The topological polar surface area (TPSA) is 32.8 Å². The second-order valence-electron chi connectivity index (χ2n) is 4.71. The highest BCUT2D eigenvalue weighted by Crippen LogP contribution is 2.20. The second kappa shape index (κ2) is 8.96. The molecule has 0 radical (unpaired) electrons. The number of benzene rings is 1. The van der Waals surface area contributed by atoms with Crippen LogP contribution in [0.15, 0.2) is 22.7 Å². The molecule has 1 rings (SSSR count). The lowest BCUT2D eigenvalue weighted by Gasteiger charge is -2.24. The van der Waals surface area contributed by atoms with Crippen LogP contribution < -0.4 is 0 Å². The normalized spacial score (nSPS) is 10.9. The van der Waals surface area contributed by atoms with E-state index in [1.165, 1.54) is 0 Å². The van der Waals surface area contributed by atoms with E-state index in [0.29, 0.717) is 19.7 Å². The number of methoxy groups -OCH3 is 1. The first-order valence-corrected chi connectivity index (χ1v) is 8.21. The Morgan fingerprint density at radius 1 is 1.30 bits per heavy atom. The molecule has 1 amide bonds. The van der Waals surface area contributed by atoms with Gasteiger partial charge in [0.2, 0.25) is 0 Å². The predicted molar refractivity (Wildman–Crippen MR) is 93.2 cm³/mol. The SMILES string of the molecule is COCCN(CCN(C)C)C(=O)c1cc(Br)ccc1I. The summed E-state index contributed by atoms with van der Waals surface area (Å²) in [5.74, 6) is 0.0506. The Hall–Kier alpha value is -0.180. The molecule has 0 fully saturated rings. The van der Waals surface area contributed by atoms with E-state index in [1.807, 2.05) is 37.2 Å². The van der Waals surface area contributed by atoms with Gasteiger partial charge in [0.15, 0.2) is 0 Å². The summed E-state index contributed by atoms with van der Waals surface area (Å²) in [7, 11) is 5.65. The van der Waals surface area contributed by atoms with E-state index in [0.717, 1.165) is 20.2 Å². The molecule has 1 aromatic carbocycles. The number of rotatable bonds is 7. The van der Waals surface area contributed by atoms with Crippen LogP contribution >= 0.6 is 38.5 Å². The molecule has 1 aromatic rings. The highest BCUT2D eigenvalue weighted by molar-refractivity contribution is 14.1. The Balaban J connectivity index is 2.87. The number of likely N-dealkylation sites (N-methyl/N-ethyl adjacent to an activating group) is 1. The van der Waals surface area contributed by atoms with Gasteiger partial charge >= 0.3 is 0 Å². The fraction of sp³-hybridized carbons (Fsp3) is 0.500. The van der Waals surface area contributed by atoms with Crippen molar-refractivity contribution >= 4 is 44.4 Å². The number of nitrogens with zero attached hydrogens (tertiary/aromatic N) is 2. The Morgan fingerprint density at radius 3 is 2.60 bits per heavy atom. The van der Waals surface area contributed by atoms with Gasteiger partial charge in [0.25, 0.3) is 5.91 Å². The lowest BCUT2D eigenvalue weighted by atomic mass is 10.2. The zero-order chi connectivity index (χ0) is 15.1. The molecule has 0 aliphatic heterocycles. The van der Waals surface area contributed by atoms with Crippen LogP contribution in [0.4, 0.5) is 0 Å². The van der Waals surface area contributed by atoms with Gasteiger partial charge in [-0.3, -0.25) is 4.79 Å². The predicted octanol–water partition coefficient (Wildman–Crippen LogP) is 2.70. The Kier molecular flexibility index (Phi) is 8.01. The van der Waals surface area contributed by atoms with Crippen molar-refractivity contribution in [3.63, 3.8) is 0 Å². The number of hydrogen-bond acceptors (Lipinski definition) is 3. The number of ether oxygens (including phenoxy) is 1. The molecular formula is C14H20BrIN2O2. The molecule has 4 nitrogen and oxygen atoms in total.